The highest BCUT2D eigenvalue weighted by Gasteiger charge is 1.99. The number of rotatable bonds is 6. The van der Waals surface area contributed by atoms with E-state index >= 15 is 0 Å². The summed E-state index contributed by atoms with van der Waals surface area (Å²) in [5.74, 6) is 0.819. The van der Waals surface area contributed by atoms with Crippen LogP contribution in [-0.2, 0) is 6.42 Å². The highest BCUT2D eigenvalue weighted by Crippen LogP contribution is 2.13. The molecule has 0 aliphatic rings. The summed E-state index contributed by atoms with van der Waals surface area (Å²) in [6.45, 7) is 4.57. The Balaban J connectivity index is 1.84. The van der Waals surface area contributed by atoms with Crippen LogP contribution in [0.15, 0.2) is 36.7 Å². The molecule has 1 aromatic carbocycles. The van der Waals surface area contributed by atoms with Crippen LogP contribution in [0.5, 0.6) is 0 Å². The maximum absolute atomic E-state index is 3.98. The third-order valence-electron chi connectivity index (χ3n) is 3.12. The van der Waals surface area contributed by atoms with Gasteiger partial charge in [-0.2, -0.15) is 0 Å². The first-order valence-corrected chi connectivity index (χ1v) is 6.71. The fourth-order valence-corrected chi connectivity index (χ4v) is 2.04. The van der Waals surface area contributed by atoms with Crippen molar-refractivity contribution in [3.05, 3.63) is 42.2 Å². The molecule has 0 bridgehead atoms. The minimum absolute atomic E-state index is 0.819. The summed E-state index contributed by atoms with van der Waals surface area (Å²) in [6, 6.07) is 8.58. The second-order valence-corrected chi connectivity index (χ2v) is 5.15. The molecule has 1 heterocycles. The average molecular weight is 243 g/mol. The lowest BCUT2D eigenvalue weighted by Crippen LogP contribution is -1.95. The van der Waals surface area contributed by atoms with Gasteiger partial charge in [-0.1, -0.05) is 44.0 Å². The van der Waals surface area contributed by atoms with Crippen LogP contribution >= 0.6 is 0 Å². The topological polar surface area (TPSA) is 30.7 Å². The van der Waals surface area contributed by atoms with Crippen LogP contribution in [0.1, 0.15) is 38.7 Å². The van der Waals surface area contributed by atoms with Gasteiger partial charge in [0.05, 0.1) is 18.1 Å². The van der Waals surface area contributed by atoms with Crippen molar-refractivity contribution in [1.82, 2.24) is 15.0 Å². The number of aromatic nitrogens is 3. The molecule has 18 heavy (non-hydrogen) atoms. The van der Waals surface area contributed by atoms with Crippen molar-refractivity contribution in [2.45, 2.75) is 39.5 Å². The van der Waals surface area contributed by atoms with Gasteiger partial charge in [-0.25, -0.2) is 4.68 Å². The van der Waals surface area contributed by atoms with Gasteiger partial charge >= 0.3 is 0 Å². The van der Waals surface area contributed by atoms with Crippen molar-refractivity contribution in [3.8, 4) is 5.69 Å². The van der Waals surface area contributed by atoms with E-state index in [9.17, 15) is 0 Å². The lowest BCUT2D eigenvalue weighted by atomic mass is 10.0. The third kappa shape index (κ3) is 3.69. The first-order chi connectivity index (χ1) is 8.75. The fraction of sp³-hybridized carbons (Fsp3) is 0.467. The fourth-order valence-electron chi connectivity index (χ4n) is 2.04. The van der Waals surface area contributed by atoms with Crippen LogP contribution in [0.4, 0.5) is 0 Å². The van der Waals surface area contributed by atoms with Gasteiger partial charge in [0.2, 0.25) is 0 Å². The SMILES string of the molecule is CC(C)CCCCc1ccc(-n2ccnn2)cc1. The average Bonchev–Trinajstić information content (AvgIpc) is 2.89. The van der Waals surface area contributed by atoms with E-state index in [1.165, 1.54) is 31.2 Å². The van der Waals surface area contributed by atoms with Gasteiger partial charge in [0.15, 0.2) is 0 Å². The minimum atomic E-state index is 0.819. The standard InChI is InChI=1S/C15H21N3/c1-13(2)5-3-4-6-14-7-9-15(10-8-14)18-12-11-16-17-18/h7-13H,3-6H2,1-2H3. The van der Waals surface area contributed by atoms with E-state index in [4.69, 9.17) is 0 Å². The Morgan fingerprint density at radius 1 is 1.11 bits per heavy atom. The van der Waals surface area contributed by atoms with Gasteiger partial charge < -0.3 is 0 Å². The van der Waals surface area contributed by atoms with Crippen molar-refractivity contribution in [1.29, 1.82) is 0 Å². The Morgan fingerprint density at radius 2 is 1.89 bits per heavy atom. The second-order valence-electron chi connectivity index (χ2n) is 5.15. The van der Waals surface area contributed by atoms with E-state index in [2.05, 4.69) is 48.4 Å². The summed E-state index contributed by atoms with van der Waals surface area (Å²) in [6.07, 6.45) is 8.65. The summed E-state index contributed by atoms with van der Waals surface area (Å²) >= 11 is 0. The molecule has 0 aliphatic carbocycles. The van der Waals surface area contributed by atoms with Crippen molar-refractivity contribution in [2.75, 3.05) is 0 Å². The Kier molecular flexibility index (Phi) is 4.51. The third-order valence-corrected chi connectivity index (χ3v) is 3.12. The second kappa shape index (κ2) is 6.34. The summed E-state index contributed by atoms with van der Waals surface area (Å²) in [5.41, 5.74) is 2.47. The number of benzene rings is 1. The molecule has 0 saturated heterocycles. The first-order valence-electron chi connectivity index (χ1n) is 6.71. The molecule has 0 fully saturated rings. The molecule has 3 nitrogen and oxygen atoms in total. The molecule has 0 unspecified atom stereocenters. The predicted molar refractivity (Wildman–Crippen MR) is 73.8 cm³/mol. The molecule has 0 N–H and O–H groups in total. The molecule has 2 aromatic rings. The van der Waals surface area contributed by atoms with Gasteiger partial charge in [0.1, 0.15) is 0 Å². The predicted octanol–water partition coefficient (Wildman–Crippen LogP) is 3.64. The number of hydrogen-bond acceptors (Lipinski definition) is 2. The smallest absolute Gasteiger partial charge is 0.0697 e. The van der Waals surface area contributed by atoms with Crippen molar-refractivity contribution >= 4 is 0 Å². The highest BCUT2D eigenvalue weighted by atomic mass is 15.4. The van der Waals surface area contributed by atoms with Gasteiger partial charge in [0.25, 0.3) is 0 Å². The van der Waals surface area contributed by atoms with E-state index in [1.54, 1.807) is 10.9 Å². The number of aryl methyl sites for hydroxylation is 1. The van der Waals surface area contributed by atoms with Crippen LogP contribution in [0.2, 0.25) is 0 Å². The first kappa shape index (κ1) is 12.8. The molecule has 1 aromatic heterocycles. The van der Waals surface area contributed by atoms with Crippen molar-refractivity contribution in [3.63, 3.8) is 0 Å². The zero-order valence-electron chi connectivity index (χ0n) is 11.2. The minimum Gasteiger partial charge on any atom is -0.221 e. The molecular formula is C15H21N3. The number of unbranched alkanes of at least 4 members (excludes halogenated alkanes) is 1. The Morgan fingerprint density at radius 3 is 2.50 bits per heavy atom. The number of nitrogens with zero attached hydrogens (tertiary/aromatic N) is 3. The Hall–Kier alpha value is -1.64. The lowest BCUT2D eigenvalue weighted by Gasteiger charge is -2.05. The quantitative estimate of drug-likeness (QED) is 0.725. The van der Waals surface area contributed by atoms with Gasteiger partial charge in [-0.05, 0) is 36.5 Å². The largest absolute Gasteiger partial charge is 0.221 e. The van der Waals surface area contributed by atoms with E-state index in [0.29, 0.717) is 0 Å². The molecule has 0 amide bonds. The zero-order chi connectivity index (χ0) is 12.8. The summed E-state index contributed by atoms with van der Waals surface area (Å²) in [7, 11) is 0. The van der Waals surface area contributed by atoms with Crippen molar-refractivity contribution < 1.29 is 0 Å². The number of hydrogen-bond donors (Lipinski definition) is 0. The van der Waals surface area contributed by atoms with Crippen molar-refractivity contribution in [2.24, 2.45) is 5.92 Å². The molecule has 0 atom stereocenters. The van der Waals surface area contributed by atoms with E-state index in [-0.39, 0.29) is 0 Å². The zero-order valence-corrected chi connectivity index (χ0v) is 11.2. The summed E-state index contributed by atoms with van der Waals surface area (Å²) < 4.78 is 1.78. The van der Waals surface area contributed by atoms with Gasteiger partial charge in [-0.15, -0.1) is 5.10 Å². The van der Waals surface area contributed by atoms with Crippen LogP contribution in [-0.4, -0.2) is 15.0 Å². The molecular weight excluding hydrogens is 222 g/mol. The highest BCUT2D eigenvalue weighted by molar-refractivity contribution is 5.33. The lowest BCUT2D eigenvalue weighted by molar-refractivity contribution is 0.538. The van der Waals surface area contributed by atoms with Crippen LogP contribution in [0, 0.1) is 5.92 Å². The molecule has 2 rings (SSSR count). The maximum Gasteiger partial charge on any atom is 0.0697 e. The van der Waals surface area contributed by atoms with Crippen LogP contribution in [0.25, 0.3) is 5.69 Å². The van der Waals surface area contributed by atoms with E-state index in [0.717, 1.165) is 11.6 Å². The normalized spacial score (nSPS) is 11.1. The van der Waals surface area contributed by atoms with E-state index < -0.39 is 0 Å². The summed E-state index contributed by atoms with van der Waals surface area (Å²) in [5, 5.41) is 7.79. The Bertz CT molecular complexity index is 443. The van der Waals surface area contributed by atoms with Crippen LogP contribution < -0.4 is 0 Å². The van der Waals surface area contributed by atoms with Gasteiger partial charge in [-0.3, -0.25) is 0 Å². The summed E-state index contributed by atoms with van der Waals surface area (Å²) in [4.78, 5) is 0. The molecule has 96 valence electrons. The van der Waals surface area contributed by atoms with Crippen LogP contribution in [0.3, 0.4) is 0 Å². The molecule has 0 aliphatic heterocycles. The molecule has 0 saturated carbocycles. The Labute approximate surface area is 109 Å². The molecule has 3 heteroatoms. The monoisotopic (exact) mass is 243 g/mol. The molecule has 0 radical (unpaired) electrons. The van der Waals surface area contributed by atoms with E-state index in [1.807, 2.05) is 6.20 Å². The molecule has 0 spiro atoms. The van der Waals surface area contributed by atoms with Gasteiger partial charge in [0, 0.05) is 0 Å². The maximum atomic E-state index is 3.98.